The Morgan fingerprint density at radius 2 is 2.19 bits per heavy atom. The molecule has 0 nitrogen and oxygen atoms in total. The molecule has 0 aromatic rings. The highest BCUT2D eigenvalue weighted by Gasteiger charge is 2.20. The lowest BCUT2D eigenvalue weighted by molar-refractivity contribution is 0.447. The van der Waals surface area contributed by atoms with Crippen LogP contribution >= 0.6 is 0 Å². The number of hydrogen-bond donors (Lipinski definition) is 0. The largest absolute Gasteiger partial charge is 0.0999 e. The van der Waals surface area contributed by atoms with Crippen LogP contribution < -0.4 is 0 Å². The highest BCUT2D eigenvalue weighted by Crippen LogP contribution is 2.36. The van der Waals surface area contributed by atoms with Gasteiger partial charge in [-0.15, -0.1) is 0 Å². The van der Waals surface area contributed by atoms with Crippen LogP contribution in [-0.2, 0) is 0 Å². The smallest absolute Gasteiger partial charge is 0.0248 e. The zero-order valence-electron chi connectivity index (χ0n) is 11.2. The van der Waals surface area contributed by atoms with Gasteiger partial charge in [-0.25, -0.2) is 0 Å². The minimum Gasteiger partial charge on any atom is -0.0999 e. The van der Waals surface area contributed by atoms with Crippen LogP contribution in [0.5, 0.6) is 0 Å². The second kappa shape index (κ2) is 6.08. The summed E-state index contributed by atoms with van der Waals surface area (Å²) in [5.41, 5.74) is 4.28. The van der Waals surface area contributed by atoms with E-state index in [4.69, 9.17) is 0 Å². The molecule has 1 unspecified atom stereocenters. The quantitative estimate of drug-likeness (QED) is 0.563. The maximum absolute atomic E-state index is 4.19. The van der Waals surface area contributed by atoms with E-state index < -0.39 is 0 Å². The Morgan fingerprint density at radius 1 is 1.50 bits per heavy atom. The lowest BCUT2D eigenvalue weighted by atomic mass is 9.78. The van der Waals surface area contributed by atoms with Gasteiger partial charge in [0, 0.05) is 0 Å². The van der Waals surface area contributed by atoms with E-state index in [-0.39, 0.29) is 0 Å². The highest BCUT2D eigenvalue weighted by molar-refractivity contribution is 5.31. The lowest BCUT2D eigenvalue weighted by Crippen LogP contribution is -2.11. The first-order valence-electron chi connectivity index (χ1n) is 6.58. The first-order valence-corrected chi connectivity index (χ1v) is 6.58. The molecule has 1 aliphatic rings. The maximum atomic E-state index is 4.19. The van der Waals surface area contributed by atoms with Gasteiger partial charge in [-0.05, 0) is 49.5 Å². The standard InChI is InChI=1S/C16H26/c1-6-13(4)10-15-8-7-14(5)16(11-15)9-12(2)3/h9,12,15H,4-8,10-11H2,1-3H3/b16-9-. The van der Waals surface area contributed by atoms with Crippen molar-refractivity contribution in [3.05, 3.63) is 36.0 Å². The summed E-state index contributed by atoms with van der Waals surface area (Å²) >= 11 is 0. The Hall–Kier alpha value is -0.780. The van der Waals surface area contributed by atoms with Gasteiger partial charge in [0.05, 0.1) is 0 Å². The molecule has 16 heavy (non-hydrogen) atoms. The van der Waals surface area contributed by atoms with Crippen LogP contribution in [0.2, 0.25) is 0 Å². The minimum atomic E-state index is 0.639. The molecule has 0 amide bonds. The summed E-state index contributed by atoms with van der Waals surface area (Å²) in [4.78, 5) is 0. The Morgan fingerprint density at radius 3 is 2.75 bits per heavy atom. The highest BCUT2D eigenvalue weighted by atomic mass is 14.2. The fourth-order valence-electron chi connectivity index (χ4n) is 2.41. The van der Waals surface area contributed by atoms with Crippen LogP contribution in [-0.4, -0.2) is 0 Å². The molecule has 0 N–H and O–H groups in total. The number of hydrogen-bond acceptors (Lipinski definition) is 0. The van der Waals surface area contributed by atoms with Gasteiger partial charge in [0.25, 0.3) is 0 Å². The Balaban J connectivity index is 2.60. The molecule has 1 fully saturated rings. The van der Waals surface area contributed by atoms with Crippen molar-refractivity contribution >= 4 is 0 Å². The molecule has 0 aromatic carbocycles. The van der Waals surface area contributed by atoms with Crippen molar-refractivity contribution < 1.29 is 0 Å². The number of allylic oxidation sites excluding steroid dienone is 4. The van der Waals surface area contributed by atoms with E-state index in [1.807, 2.05) is 0 Å². The second-order valence-electron chi connectivity index (χ2n) is 5.46. The van der Waals surface area contributed by atoms with Gasteiger partial charge in [-0.1, -0.05) is 51.2 Å². The van der Waals surface area contributed by atoms with Gasteiger partial charge >= 0.3 is 0 Å². The van der Waals surface area contributed by atoms with Crippen LogP contribution in [0.4, 0.5) is 0 Å². The Kier molecular flexibility index (Phi) is 5.05. The fourth-order valence-corrected chi connectivity index (χ4v) is 2.41. The molecule has 1 rings (SSSR count). The van der Waals surface area contributed by atoms with Crippen LogP contribution in [0, 0.1) is 11.8 Å². The summed E-state index contributed by atoms with van der Waals surface area (Å²) in [7, 11) is 0. The average Bonchev–Trinajstić information content (AvgIpc) is 2.22. The monoisotopic (exact) mass is 218 g/mol. The van der Waals surface area contributed by atoms with E-state index in [9.17, 15) is 0 Å². The van der Waals surface area contributed by atoms with Crippen molar-refractivity contribution in [1.82, 2.24) is 0 Å². The van der Waals surface area contributed by atoms with Crippen molar-refractivity contribution in [3.8, 4) is 0 Å². The summed E-state index contributed by atoms with van der Waals surface area (Å²) < 4.78 is 0. The zero-order valence-corrected chi connectivity index (χ0v) is 11.2. The van der Waals surface area contributed by atoms with Crippen LogP contribution in [0.1, 0.15) is 52.9 Å². The van der Waals surface area contributed by atoms with Crippen molar-refractivity contribution in [2.45, 2.75) is 52.9 Å². The predicted octanol–water partition coefficient (Wildman–Crippen LogP) is 5.28. The lowest BCUT2D eigenvalue weighted by Gasteiger charge is -2.27. The summed E-state index contributed by atoms with van der Waals surface area (Å²) in [6.45, 7) is 15.0. The van der Waals surface area contributed by atoms with Gasteiger partial charge in [0.15, 0.2) is 0 Å². The summed E-state index contributed by atoms with van der Waals surface area (Å²) in [5, 5.41) is 0. The topological polar surface area (TPSA) is 0 Å². The van der Waals surface area contributed by atoms with Crippen molar-refractivity contribution in [2.24, 2.45) is 11.8 Å². The first kappa shape index (κ1) is 13.3. The summed E-state index contributed by atoms with van der Waals surface area (Å²) in [6, 6.07) is 0. The van der Waals surface area contributed by atoms with Crippen LogP contribution in [0.3, 0.4) is 0 Å². The zero-order chi connectivity index (χ0) is 12.1. The maximum Gasteiger partial charge on any atom is -0.0248 e. The van der Waals surface area contributed by atoms with Crippen molar-refractivity contribution in [2.75, 3.05) is 0 Å². The van der Waals surface area contributed by atoms with Crippen LogP contribution in [0.25, 0.3) is 0 Å². The van der Waals surface area contributed by atoms with Gasteiger partial charge in [-0.3, -0.25) is 0 Å². The normalized spacial score (nSPS) is 24.1. The average molecular weight is 218 g/mol. The van der Waals surface area contributed by atoms with Crippen LogP contribution in [0.15, 0.2) is 36.0 Å². The van der Waals surface area contributed by atoms with Crippen molar-refractivity contribution in [1.29, 1.82) is 0 Å². The molecule has 0 aromatic heterocycles. The van der Waals surface area contributed by atoms with E-state index in [1.165, 1.54) is 42.4 Å². The van der Waals surface area contributed by atoms with Gasteiger partial charge in [0.2, 0.25) is 0 Å². The number of rotatable bonds is 4. The van der Waals surface area contributed by atoms with Gasteiger partial charge in [-0.2, -0.15) is 0 Å². The molecule has 0 radical (unpaired) electrons. The summed E-state index contributed by atoms with van der Waals surface area (Å²) in [6.07, 6.45) is 8.42. The minimum absolute atomic E-state index is 0.639. The third-order valence-electron chi connectivity index (χ3n) is 3.43. The van der Waals surface area contributed by atoms with E-state index in [0.717, 1.165) is 12.3 Å². The van der Waals surface area contributed by atoms with E-state index in [2.05, 4.69) is 40.0 Å². The molecule has 1 aliphatic carbocycles. The molecule has 1 saturated carbocycles. The SMILES string of the molecule is C=C(CC)CC1CCC(=C)/C(=C\C(C)C)C1. The molecule has 0 heterocycles. The molecule has 0 aliphatic heterocycles. The molecule has 0 bridgehead atoms. The van der Waals surface area contributed by atoms with Gasteiger partial charge in [0.1, 0.15) is 0 Å². The van der Waals surface area contributed by atoms with E-state index in [0.29, 0.717) is 5.92 Å². The molecular formula is C16H26. The van der Waals surface area contributed by atoms with Gasteiger partial charge < -0.3 is 0 Å². The predicted molar refractivity (Wildman–Crippen MR) is 73.5 cm³/mol. The molecule has 1 atom stereocenters. The molecular weight excluding hydrogens is 192 g/mol. The fraction of sp³-hybridized carbons (Fsp3) is 0.625. The molecule has 0 spiro atoms. The molecule has 90 valence electrons. The first-order chi connectivity index (χ1) is 7.52. The van der Waals surface area contributed by atoms with E-state index in [1.54, 1.807) is 0 Å². The second-order valence-corrected chi connectivity index (χ2v) is 5.46. The third-order valence-corrected chi connectivity index (χ3v) is 3.43. The van der Waals surface area contributed by atoms with Crippen molar-refractivity contribution in [3.63, 3.8) is 0 Å². The molecule has 0 heteroatoms. The Labute approximate surface area is 101 Å². The Bertz CT molecular complexity index is 291. The third kappa shape index (κ3) is 4.00. The van der Waals surface area contributed by atoms with E-state index >= 15 is 0 Å². The molecule has 0 saturated heterocycles. The summed E-state index contributed by atoms with van der Waals surface area (Å²) in [5.74, 6) is 1.45.